The van der Waals surface area contributed by atoms with Gasteiger partial charge in [0.15, 0.2) is 0 Å². The van der Waals surface area contributed by atoms with E-state index in [2.05, 4.69) is 4.74 Å². The molecule has 14 heavy (non-hydrogen) atoms. The molecule has 0 bridgehead atoms. The minimum atomic E-state index is -0.899. The fourth-order valence-electron chi connectivity index (χ4n) is 1.17. The lowest BCUT2D eigenvalue weighted by atomic mass is 10.2. The fraction of sp³-hybridized carbons (Fsp3) is 0.571. The van der Waals surface area contributed by atoms with Gasteiger partial charge in [0.25, 0.3) is 17.7 Å². The van der Waals surface area contributed by atoms with E-state index in [-0.39, 0.29) is 13.2 Å². The Hall–Kier alpha value is -1.47. The largest absolute Gasteiger partial charge is 0.362 e. The van der Waals surface area contributed by atoms with Crippen LogP contribution in [0.1, 0.15) is 6.92 Å². The quantitative estimate of drug-likeness (QED) is 0.227. The molecule has 7 heteroatoms. The Morgan fingerprint density at radius 2 is 2.00 bits per heavy atom. The summed E-state index contributed by atoms with van der Waals surface area (Å²) >= 11 is 0. The van der Waals surface area contributed by atoms with Crippen LogP contribution in [-0.4, -0.2) is 41.9 Å². The number of hydrogen-bond acceptors (Lipinski definition) is 5. The van der Waals surface area contributed by atoms with Crippen molar-refractivity contribution in [3.05, 3.63) is 0 Å². The molecule has 3 N–H and O–H groups in total. The molecule has 3 amide bonds. The third kappa shape index (κ3) is 1.88. The molecule has 0 aromatic carbocycles. The van der Waals surface area contributed by atoms with Crippen molar-refractivity contribution in [2.24, 2.45) is 5.84 Å². The van der Waals surface area contributed by atoms with Crippen LogP contribution >= 0.6 is 0 Å². The van der Waals surface area contributed by atoms with Crippen molar-refractivity contribution in [3.63, 3.8) is 0 Å². The van der Waals surface area contributed by atoms with Crippen LogP contribution in [0.5, 0.6) is 0 Å². The first-order valence-electron chi connectivity index (χ1n) is 4.01. The molecule has 0 aliphatic carbocycles. The molecule has 0 saturated carbocycles. The molecule has 1 aliphatic rings. The van der Waals surface area contributed by atoms with E-state index in [9.17, 15) is 14.4 Å². The van der Waals surface area contributed by atoms with Crippen molar-refractivity contribution in [1.82, 2.24) is 10.3 Å². The van der Waals surface area contributed by atoms with Gasteiger partial charge < -0.3 is 4.74 Å². The van der Waals surface area contributed by atoms with E-state index < -0.39 is 23.8 Å². The molecule has 1 heterocycles. The van der Waals surface area contributed by atoms with E-state index in [1.807, 2.05) is 5.43 Å². The summed E-state index contributed by atoms with van der Waals surface area (Å²) in [5.41, 5.74) is 1.88. The number of ether oxygens (including phenoxy) is 1. The zero-order valence-electron chi connectivity index (χ0n) is 7.65. The van der Waals surface area contributed by atoms with Crippen LogP contribution in [-0.2, 0) is 19.1 Å². The lowest BCUT2D eigenvalue weighted by molar-refractivity contribution is -0.163. The lowest BCUT2D eigenvalue weighted by Crippen LogP contribution is -2.56. The number of imide groups is 1. The second-order valence-corrected chi connectivity index (χ2v) is 2.83. The second-order valence-electron chi connectivity index (χ2n) is 2.83. The molecular formula is C7H11N3O4. The maximum Gasteiger partial charge on any atom is 0.256 e. The van der Waals surface area contributed by atoms with E-state index >= 15 is 0 Å². The van der Waals surface area contributed by atoms with E-state index in [0.717, 1.165) is 4.90 Å². The van der Waals surface area contributed by atoms with E-state index in [1.165, 1.54) is 6.92 Å². The highest BCUT2D eigenvalue weighted by atomic mass is 16.5. The maximum absolute atomic E-state index is 11.2. The number of hydrazine groups is 1. The first-order chi connectivity index (χ1) is 6.57. The van der Waals surface area contributed by atoms with Crippen molar-refractivity contribution in [2.75, 3.05) is 13.2 Å². The average molecular weight is 201 g/mol. The predicted octanol–water partition coefficient (Wildman–Crippen LogP) is -2.25. The topological polar surface area (TPSA) is 102 Å². The van der Waals surface area contributed by atoms with Gasteiger partial charge in [-0.1, -0.05) is 0 Å². The summed E-state index contributed by atoms with van der Waals surface area (Å²) in [7, 11) is 0. The lowest BCUT2D eigenvalue weighted by Gasteiger charge is -2.29. The molecular weight excluding hydrogens is 190 g/mol. The summed E-state index contributed by atoms with van der Waals surface area (Å²) in [5, 5.41) is 0. The van der Waals surface area contributed by atoms with Gasteiger partial charge in [-0.05, 0) is 6.92 Å². The standard InChI is InChI=1S/C7H11N3O4/c1-4(7(13)9-8)10-5(11)2-14-3-6(10)12/h4H,2-3,8H2,1H3,(H,9,13). The Morgan fingerprint density at radius 3 is 2.43 bits per heavy atom. The van der Waals surface area contributed by atoms with Crippen molar-refractivity contribution >= 4 is 17.7 Å². The number of carbonyl (C=O) groups excluding carboxylic acids is 3. The van der Waals surface area contributed by atoms with Crippen LogP contribution in [0.2, 0.25) is 0 Å². The Kier molecular flexibility index (Phi) is 3.15. The van der Waals surface area contributed by atoms with Crippen LogP contribution in [0.15, 0.2) is 0 Å². The minimum absolute atomic E-state index is 0.187. The van der Waals surface area contributed by atoms with Gasteiger partial charge in [-0.25, -0.2) is 5.84 Å². The highest BCUT2D eigenvalue weighted by molar-refractivity contribution is 6.02. The number of amides is 3. The maximum atomic E-state index is 11.2. The van der Waals surface area contributed by atoms with Gasteiger partial charge in [-0.15, -0.1) is 0 Å². The number of hydrogen-bond donors (Lipinski definition) is 2. The Morgan fingerprint density at radius 1 is 1.50 bits per heavy atom. The van der Waals surface area contributed by atoms with Gasteiger partial charge in [0.1, 0.15) is 19.3 Å². The summed E-state index contributed by atoms with van der Waals surface area (Å²) in [4.78, 5) is 34.4. The molecule has 1 aliphatic heterocycles. The average Bonchev–Trinajstić information content (AvgIpc) is 2.16. The van der Waals surface area contributed by atoms with Crippen molar-refractivity contribution in [2.45, 2.75) is 13.0 Å². The summed E-state index contributed by atoms with van der Waals surface area (Å²) in [6.45, 7) is 1.05. The van der Waals surface area contributed by atoms with E-state index in [1.54, 1.807) is 0 Å². The highest BCUT2D eigenvalue weighted by Crippen LogP contribution is 2.06. The minimum Gasteiger partial charge on any atom is -0.362 e. The fourth-order valence-corrected chi connectivity index (χ4v) is 1.17. The van der Waals surface area contributed by atoms with Gasteiger partial charge in [-0.2, -0.15) is 0 Å². The van der Waals surface area contributed by atoms with Crippen LogP contribution in [0, 0.1) is 0 Å². The number of nitrogens with two attached hydrogens (primary N) is 1. The first-order valence-corrected chi connectivity index (χ1v) is 4.01. The summed E-state index contributed by atoms with van der Waals surface area (Å²) in [6.07, 6.45) is 0. The zero-order valence-corrected chi connectivity index (χ0v) is 7.65. The second kappa shape index (κ2) is 4.16. The van der Waals surface area contributed by atoms with Gasteiger partial charge in [0.2, 0.25) is 0 Å². The van der Waals surface area contributed by atoms with Crippen LogP contribution in [0.25, 0.3) is 0 Å². The van der Waals surface area contributed by atoms with Crippen molar-refractivity contribution in [3.8, 4) is 0 Å². The monoisotopic (exact) mass is 201 g/mol. The molecule has 0 radical (unpaired) electrons. The normalized spacial score (nSPS) is 19.4. The molecule has 0 spiro atoms. The smallest absolute Gasteiger partial charge is 0.256 e. The van der Waals surface area contributed by atoms with Gasteiger partial charge in [0, 0.05) is 0 Å². The summed E-state index contributed by atoms with van der Waals surface area (Å²) in [6, 6.07) is -0.899. The van der Waals surface area contributed by atoms with Crippen LogP contribution in [0.3, 0.4) is 0 Å². The number of nitrogens with zero attached hydrogens (tertiary/aromatic N) is 1. The molecule has 1 unspecified atom stereocenters. The van der Waals surface area contributed by atoms with Crippen LogP contribution in [0.4, 0.5) is 0 Å². The first kappa shape index (κ1) is 10.6. The summed E-state index contributed by atoms with van der Waals surface area (Å²) in [5.74, 6) is 3.24. The SMILES string of the molecule is CC(C(=O)NN)N1C(=O)COCC1=O. The third-order valence-corrected chi connectivity index (χ3v) is 1.90. The van der Waals surface area contributed by atoms with Crippen molar-refractivity contribution in [1.29, 1.82) is 0 Å². The van der Waals surface area contributed by atoms with Crippen LogP contribution < -0.4 is 11.3 Å². The van der Waals surface area contributed by atoms with Gasteiger partial charge in [-0.3, -0.25) is 24.7 Å². The number of rotatable bonds is 2. The highest BCUT2D eigenvalue weighted by Gasteiger charge is 2.34. The van der Waals surface area contributed by atoms with Gasteiger partial charge >= 0.3 is 0 Å². The molecule has 78 valence electrons. The molecule has 1 fully saturated rings. The van der Waals surface area contributed by atoms with E-state index in [4.69, 9.17) is 5.84 Å². The molecule has 7 nitrogen and oxygen atoms in total. The number of nitrogens with one attached hydrogen (secondary N) is 1. The summed E-state index contributed by atoms with van der Waals surface area (Å²) < 4.78 is 4.68. The van der Waals surface area contributed by atoms with E-state index in [0.29, 0.717) is 0 Å². The number of morpholine rings is 1. The Labute approximate surface area is 80.1 Å². The molecule has 0 aromatic rings. The number of carbonyl (C=O) groups is 3. The Balaban J connectivity index is 2.77. The molecule has 1 saturated heterocycles. The Bertz CT molecular complexity index is 262. The zero-order chi connectivity index (χ0) is 10.7. The van der Waals surface area contributed by atoms with Crippen molar-refractivity contribution < 1.29 is 19.1 Å². The molecule has 1 rings (SSSR count). The molecule has 0 aromatic heterocycles. The predicted molar refractivity (Wildman–Crippen MR) is 44.5 cm³/mol. The van der Waals surface area contributed by atoms with Gasteiger partial charge in [0.05, 0.1) is 0 Å². The third-order valence-electron chi connectivity index (χ3n) is 1.90. The molecule has 1 atom stereocenters.